The Morgan fingerprint density at radius 1 is 1.53 bits per heavy atom. The molecule has 0 bridgehead atoms. The number of nitrogens with zero attached hydrogens (tertiary/aromatic N) is 1. The zero-order valence-electron chi connectivity index (χ0n) is 10.9. The Bertz CT molecular complexity index is 295. The van der Waals surface area contributed by atoms with E-state index in [-0.39, 0.29) is 17.4 Å². The van der Waals surface area contributed by atoms with E-state index in [0.29, 0.717) is 5.92 Å². The molecule has 1 heterocycles. The normalized spacial score (nSPS) is 37.7. The van der Waals surface area contributed by atoms with Crippen molar-refractivity contribution in [2.75, 3.05) is 26.8 Å². The van der Waals surface area contributed by atoms with Gasteiger partial charge in [0.1, 0.15) is 0 Å². The molecule has 0 aromatic heterocycles. The zero-order chi connectivity index (χ0) is 12.5. The van der Waals surface area contributed by atoms with Crippen molar-refractivity contribution in [3.8, 4) is 0 Å². The first-order valence-electron chi connectivity index (χ1n) is 6.62. The molecule has 2 aliphatic rings. The van der Waals surface area contributed by atoms with E-state index in [9.17, 15) is 4.79 Å². The fraction of sp³-hybridized carbons (Fsp3) is 0.923. The van der Waals surface area contributed by atoms with E-state index >= 15 is 0 Å². The van der Waals surface area contributed by atoms with Gasteiger partial charge in [-0.3, -0.25) is 4.79 Å². The Morgan fingerprint density at radius 2 is 2.29 bits per heavy atom. The molecule has 0 aromatic rings. The van der Waals surface area contributed by atoms with Crippen LogP contribution >= 0.6 is 0 Å². The van der Waals surface area contributed by atoms with Crippen molar-refractivity contribution < 1.29 is 9.53 Å². The number of hydrogen-bond donors (Lipinski definition) is 1. The summed E-state index contributed by atoms with van der Waals surface area (Å²) in [4.78, 5) is 14.5. The highest BCUT2D eigenvalue weighted by molar-refractivity contribution is 5.83. The average molecular weight is 240 g/mol. The maximum atomic E-state index is 12.5. The van der Waals surface area contributed by atoms with Gasteiger partial charge >= 0.3 is 0 Å². The first-order chi connectivity index (χ1) is 8.08. The van der Waals surface area contributed by atoms with Gasteiger partial charge in [0.05, 0.1) is 12.0 Å². The summed E-state index contributed by atoms with van der Waals surface area (Å²) in [6, 6.07) is 0.0384. The quantitative estimate of drug-likeness (QED) is 0.800. The second-order valence-electron chi connectivity index (χ2n) is 5.78. The standard InChI is InChI=1S/C13H24N2O2/c1-13(6-3-4-11(13)14)12(16)15-7-5-10(8-15)9-17-2/h10-11H,3-9,14H2,1-2H3. The number of hydrogen-bond acceptors (Lipinski definition) is 3. The summed E-state index contributed by atoms with van der Waals surface area (Å²) in [5.74, 6) is 0.770. The second-order valence-corrected chi connectivity index (χ2v) is 5.78. The summed E-state index contributed by atoms with van der Waals surface area (Å²) < 4.78 is 5.16. The molecular formula is C13H24N2O2. The topological polar surface area (TPSA) is 55.6 Å². The van der Waals surface area contributed by atoms with E-state index < -0.39 is 0 Å². The molecule has 4 heteroatoms. The number of carbonyl (C=O) groups is 1. The Kier molecular flexibility index (Phi) is 3.73. The fourth-order valence-corrected chi connectivity index (χ4v) is 3.21. The van der Waals surface area contributed by atoms with E-state index in [1.165, 1.54) is 0 Å². The number of rotatable bonds is 3. The lowest BCUT2D eigenvalue weighted by atomic mass is 9.83. The largest absolute Gasteiger partial charge is 0.384 e. The maximum absolute atomic E-state index is 12.5. The lowest BCUT2D eigenvalue weighted by Crippen LogP contribution is -2.48. The highest BCUT2D eigenvalue weighted by Crippen LogP contribution is 2.39. The number of ether oxygens (including phenoxy) is 1. The van der Waals surface area contributed by atoms with Gasteiger partial charge in [0.15, 0.2) is 0 Å². The van der Waals surface area contributed by atoms with E-state index in [2.05, 4.69) is 0 Å². The minimum absolute atomic E-state index is 0.0384. The van der Waals surface area contributed by atoms with Crippen molar-refractivity contribution in [1.29, 1.82) is 0 Å². The van der Waals surface area contributed by atoms with Gasteiger partial charge in [-0.05, 0) is 26.2 Å². The van der Waals surface area contributed by atoms with Gasteiger partial charge in [0.25, 0.3) is 0 Å². The average Bonchev–Trinajstić information content (AvgIpc) is 2.88. The van der Waals surface area contributed by atoms with Crippen molar-refractivity contribution in [1.82, 2.24) is 4.90 Å². The minimum atomic E-state index is -0.317. The molecule has 1 aliphatic heterocycles. The molecule has 1 saturated carbocycles. The Hall–Kier alpha value is -0.610. The third-order valence-corrected chi connectivity index (χ3v) is 4.49. The van der Waals surface area contributed by atoms with Crippen LogP contribution in [0.5, 0.6) is 0 Å². The predicted octanol–water partition coefficient (Wildman–Crippen LogP) is 0.999. The van der Waals surface area contributed by atoms with Crippen LogP contribution in [0.4, 0.5) is 0 Å². The van der Waals surface area contributed by atoms with Crippen molar-refractivity contribution in [3.63, 3.8) is 0 Å². The molecule has 98 valence electrons. The molecule has 0 aromatic carbocycles. The van der Waals surface area contributed by atoms with Crippen molar-refractivity contribution in [2.45, 2.75) is 38.6 Å². The number of methoxy groups -OCH3 is 1. The van der Waals surface area contributed by atoms with Gasteiger partial charge in [-0.25, -0.2) is 0 Å². The number of carbonyl (C=O) groups excluding carboxylic acids is 1. The van der Waals surface area contributed by atoms with Gasteiger partial charge in [0, 0.05) is 32.2 Å². The van der Waals surface area contributed by atoms with E-state index in [1.54, 1.807) is 7.11 Å². The third kappa shape index (κ3) is 2.33. The minimum Gasteiger partial charge on any atom is -0.384 e. The van der Waals surface area contributed by atoms with Crippen LogP contribution in [0.2, 0.25) is 0 Å². The number of nitrogens with two attached hydrogens (primary N) is 1. The molecule has 1 saturated heterocycles. The summed E-state index contributed by atoms with van der Waals surface area (Å²) in [7, 11) is 1.72. The predicted molar refractivity (Wildman–Crippen MR) is 66.5 cm³/mol. The highest BCUT2D eigenvalue weighted by Gasteiger charge is 2.46. The van der Waals surface area contributed by atoms with Gasteiger partial charge in [-0.15, -0.1) is 0 Å². The zero-order valence-corrected chi connectivity index (χ0v) is 10.9. The molecular weight excluding hydrogens is 216 g/mol. The molecule has 2 fully saturated rings. The lowest BCUT2D eigenvalue weighted by Gasteiger charge is -2.32. The van der Waals surface area contributed by atoms with Crippen molar-refractivity contribution in [2.24, 2.45) is 17.1 Å². The molecule has 2 rings (SSSR count). The van der Waals surface area contributed by atoms with Crippen LogP contribution in [0.3, 0.4) is 0 Å². The monoisotopic (exact) mass is 240 g/mol. The summed E-state index contributed by atoms with van der Waals surface area (Å²) in [5, 5.41) is 0. The molecule has 4 nitrogen and oxygen atoms in total. The van der Waals surface area contributed by atoms with Crippen LogP contribution in [0.15, 0.2) is 0 Å². The van der Waals surface area contributed by atoms with Crippen LogP contribution in [-0.2, 0) is 9.53 Å². The van der Waals surface area contributed by atoms with E-state index in [1.807, 2.05) is 11.8 Å². The highest BCUT2D eigenvalue weighted by atomic mass is 16.5. The van der Waals surface area contributed by atoms with Gasteiger partial charge in [-0.1, -0.05) is 6.42 Å². The van der Waals surface area contributed by atoms with E-state index in [0.717, 1.165) is 45.4 Å². The molecule has 0 spiro atoms. The molecule has 3 atom stereocenters. The van der Waals surface area contributed by atoms with Crippen molar-refractivity contribution in [3.05, 3.63) is 0 Å². The van der Waals surface area contributed by atoms with Crippen molar-refractivity contribution >= 4 is 5.91 Å². The Morgan fingerprint density at radius 3 is 2.88 bits per heavy atom. The van der Waals surface area contributed by atoms with E-state index in [4.69, 9.17) is 10.5 Å². The SMILES string of the molecule is COCC1CCN(C(=O)C2(C)CCCC2N)C1. The summed E-state index contributed by atoms with van der Waals surface area (Å²) in [5.41, 5.74) is 5.79. The van der Waals surface area contributed by atoms with Crippen LogP contribution in [0.25, 0.3) is 0 Å². The summed E-state index contributed by atoms with van der Waals surface area (Å²) >= 11 is 0. The number of likely N-dealkylation sites (tertiary alicyclic amines) is 1. The molecule has 1 amide bonds. The Labute approximate surface area is 103 Å². The van der Waals surface area contributed by atoms with Crippen LogP contribution < -0.4 is 5.73 Å². The fourth-order valence-electron chi connectivity index (χ4n) is 3.21. The first kappa shape index (κ1) is 12.8. The molecule has 0 radical (unpaired) electrons. The maximum Gasteiger partial charge on any atom is 0.230 e. The molecule has 1 aliphatic carbocycles. The smallest absolute Gasteiger partial charge is 0.230 e. The van der Waals surface area contributed by atoms with Crippen LogP contribution in [-0.4, -0.2) is 43.7 Å². The Balaban J connectivity index is 1.97. The second kappa shape index (κ2) is 4.94. The van der Waals surface area contributed by atoms with Gasteiger partial charge in [0.2, 0.25) is 5.91 Å². The summed E-state index contributed by atoms with van der Waals surface area (Å²) in [6.45, 7) is 4.51. The molecule has 2 N–H and O–H groups in total. The van der Waals surface area contributed by atoms with Crippen LogP contribution in [0.1, 0.15) is 32.6 Å². The number of amides is 1. The molecule has 3 unspecified atom stereocenters. The van der Waals surface area contributed by atoms with Crippen LogP contribution in [0, 0.1) is 11.3 Å². The lowest BCUT2D eigenvalue weighted by molar-refractivity contribution is -0.140. The summed E-state index contributed by atoms with van der Waals surface area (Å²) in [6.07, 6.45) is 4.07. The first-order valence-corrected chi connectivity index (χ1v) is 6.62. The third-order valence-electron chi connectivity index (χ3n) is 4.49. The molecule has 17 heavy (non-hydrogen) atoms. The van der Waals surface area contributed by atoms with Gasteiger partial charge < -0.3 is 15.4 Å². The van der Waals surface area contributed by atoms with Gasteiger partial charge in [-0.2, -0.15) is 0 Å².